The number of nitrogens with zero attached hydrogens (tertiary/aromatic N) is 3. The van der Waals surface area contributed by atoms with Crippen molar-refractivity contribution in [2.24, 2.45) is 0 Å². The highest BCUT2D eigenvalue weighted by Gasteiger charge is 2.14. The number of nitrogens with one attached hydrogen (secondary N) is 1. The number of benzene rings is 3. The van der Waals surface area contributed by atoms with Gasteiger partial charge in [0.1, 0.15) is 12.1 Å². The summed E-state index contributed by atoms with van der Waals surface area (Å²) in [4.78, 5) is 24.9. The monoisotopic (exact) mass is 444 g/mol. The quantitative estimate of drug-likeness (QED) is 0.318. The summed E-state index contributed by atoms with van der Waals surface area (Å²) in [6.07, 6.45) is 1.59. The van der Waals surface area contributed by atoms with E-state index in [9.17, 15) is 9.59 Å². The Morgan fingerprint density at radius 3 is 2.41 bits per heavy atom. The van der Waals surface area contributed by atoms with E-state index < -0.39 is 0 Å². The largest absolute Gasteiger partial charge is 0.495 e. The van der Waals surface area contributed by atoms with Crippen molar-refractivity contribution in [1.29, 1.82) is 0 Å². The number of methoxy groups -OCH3 is 1. The predicted molar refractivity (Wildman–Crippen MR) is 124 cm³/mol. The first kappa shape index (κ1) is 21.3. The van der Waals surface area contributed by atoms with Crippen molar-refractivity contribution in [2.45, 2.75) is 5.16 Å². The third-order valence-electron chi connectivity index (χ3n) is 4.69. The summed E-state index contributed by atoms with van der Waals surface area (Å²) >= 11 is 1.30. The van der Waals surface area contributed by atoms with Crippen molar-refractivity contribution in [1.82, 2.24) is 14.8 Å². The Labute approximate surface area is 189 Å². The van der Waals surface area contributed by atoms with Crippen LogP contribution in [0.5, 0.6) is 5.75 Å². The fourth-order valence-corrected chi connectivity index (χ4v) is 3.88. The molecular formula is C24H20N4O3S. The van der Waals surface area contributed by atoms with Gasteiger partial charge in [0.05, 0.1) is 18.6 Å². The number of aromatic nitrogens is 3. The molecule has 0 saturated carbocycles. The molecule has 1 N–H and O–H groups in total. The van der Waals surface area contributed by atoms with E-state index in [1.165, 1.54) is 11.8 Å². The van der Waals surface area contributed by atoms with Crippen LogP contribution in [-0.4, -0.2) is 39.3 Å². The SMILES string of the molecule is COc1ccccc1-n1cnnc1SCC(=O)c1ccc(NC(=O)c2ccccc2)cc1. The molecule has 1 aromatic heterocycles. The van der Waals surface area contributed by atoms with Crippen molar-refractivity contribution >= 4 is 29.1 Å². The Bertz CT molecular complexity index is 1220. The Kier molecular flexibility index (Phi) is 6.62. The van der Waals surface area contributed by atoms with Gasteiger partial charge in [0, 0.05) is 16.8 Å². The van der Waals surface area contributed by atoms with Crippen LogP contribution in [0.15, 0.2) is 90.3 Å². The third kappa shape index (κ3) is 4.87. The van der Waals surface area contributed by atoms with Crippen LogP contribution in [0.4, 0.5) is 5.69 Å². The highest BCUT2D eigenvalue weighted by Crippen LogP contribution is 2.27. The molecule has 3 aromatic carbocycles. The highest BCUT2D eigenvalue weighted by molar-refractivity contribution is 7.99. The molecular weight excluding hydrogens is 424 g/mol. The van der Waals surface area contributed by atoms with E-state index in [0.717, 1.165) is 5.69 Å². The van der Waals surface area contributed by atoms with Gasteiger partial charge in [-0.1, -0.05) is 42.1 Å². The summed E-state index contributed by atoms with van der Waals surface area (Å²) in [5.74, 6) is 0.638. The summed E-state index contributed by atoms with van der Waals surface area (Å²) in [6, 6.07) is 23.3. The molecule has 4 aromatic rings. The maximum absolute atomic E-state index is 12.7. The van der Waals surface area contributed by atoms with Gasteiger partial charge >= 0.3 is 0 Å². The van der Waals surface area contributed by atoms with Crippen LogP contribution in [0.25, 0.3) is 5.69 Å². The van der Waals surface area contributed by atoms with Crippen molar-refractivity contribution in [2.75, 3.05) is 18.2 Å². The van der Waals surface area contributed by atoms with Gasteiger partial charge in [-0.3, -0.25) is 14.2 Å². The molecule has 7 nitrogen and oxygen atoms in total. The Morgan fingerprint density at radius 2 is 1.66 bits per heavy atom. The van der Waals surface area contributed by atoms with Crippen LogP contribution >= 0.6 is 11.8 Å². The second-order valence-electron chi connectivity index (χ2n) is 6.76. The average Bonchev–Trinajstić information content (AvgIpc) is 3.32. The molecule has 0 radical (unpaired) electrons. The normalized spacial score (nSPS) is 10.5. The minimum atomic E-state index is -0.198. The summed E-state index contributed by atoms with van der Waals surface area (Å²) in [6.45, 7) is 0. The van der Waals surface area contributed by atoms with Gasteiger partial charge in [-0.25, -0.2) is 0 Å². The van der Waals surface area contributed by atoms with Gasteiger partial charge in [0.15, 0.2) is 10.9 Å². The summed E-state index contributed by atoms with van der Waals surface area (Å²) in [7, 11) is 1.60. The lowest BCUT2D eigenvalue weighted by Crippen LogP contribution is -2.12. The number of rotatable bonds is 8. The molecule has 32 heavy (non-hydrogen) atoms. The van der Waals surface area contributed by atoms with E-state index in [1.54, 1.807) is 54.4 Å². The first-order chi connectivity index (χ1) is 15.7. The molecule has 8 heteroatoms. The standard InChI is InChI=1S/C24H20N4O3S/c1-31-22-10-6-5-9-20(22)28-16-25-27-24(28)32-15-21(29)17-11-13-19(14-12-17)26-23(30)18-7-3-2-4-8-18/h2-14,16H,15H2,1H3,(H,26,30). The molecule has 160 valence electrons. The molecule has 0 unspecified atom stereocenters. The number of carbonyl (C=O) groups excluding carboxylic acids is 2. The topological polar surface area (TPSA) is 86.1 Å². The van der Waals surface area contributed by atoms with Gasteiger partial charge in [-0.05, 0) is 48.5 Å². The van der Waals surface area contributed by atoms with Crippen molar-refractivity contribution in [3.63, 3.8) is 0 Å². The fraction of sp³-hybridized carbons (Fsp3) is 0.0833. The van der Waals surface area contributed by atoms with E-state index in [2.05, 4.69) is 15.5 Å². The van der Waals surface area contributed by atoms with E-state index in [0.29, 0.717) is 27.7 Å². The number of carbonyl (C=O) groups is 2. The van der Waals surface area contributed by atoms with Crippen molar-refractivity contribution in [3.8, 4) is 11.4 Å². The van der Waals surface area contributed by atoms with Crippen LogP contribution in [-0.2, 0) is 0 Å². The third-order valence-corrected chi connectivity index (χ3v) is 5.64. The number of ketones is 1. The second-order valence-corrected chi connectivity index (χ2v) is 7.71. The summed E-state index contributed by atoms with van der Waals surface area (Å²) < 4.78 is 7.19. The van der Waals surface area contributed by atoms with Crippen molar-refractivity contribution < 1.29 is 14.3 Å². The molecule has 1 heterocycles. The number of thioether (sulfide) groups is 1. The zero-order valence-corrected chi connectivity index (χ0v) is 18.1. The van der Waals surface area contributed by atoms with Gasteiger partial charge in [-0.15, -0.1) is 10.2 Å². The van der Waals surface area contributed by atoms with Crippen LogP contribution in [0.3, 0.4) is 0 Å². The molecule has 0 spiro atoms. The Hall–Kier alpha value is -3.91. The number of hydrogen-bond donors (Lipinski definition) is 1. The molecule has 0 saturated heterocycles. The smallest absolute Gasteiger partial charge is 0.255 e. The van der Waals surface area contributed by atoms with Gasteiger partial charge in [-0.2, -0.15) is 0 Å². The summed E-state index contributed by atoms with van der Waals surface area (Å²) in [5.41, 5.74) is 2.55. The van der Waals surface area contributed by atoms with Gasteiger partial charge in [0.25, 0.3) is 5.91 Å². The molecule has 0 fully saturated rings. The minimum Gasteiger partial charge on any atom is -0.495 e. The molecule has 0 aliphatic carbocycles. The fourth-order valence-electron chi connectivity index (χ4n) is 3.06. The predicted octanol–water partition coefficient (Wildman–Crippen LogP) is 4.50. The molecule has 4 rings (SSSR count). The van der Waals surface area contributed by atoms with E-state index in [-0.39, 0.29) is 17.4 Å². The highest BCUT2D eigenvalue weighted by atomic mass is 32.2. The second kappa shape index (κ2) is 9.93. The van der Waals surface area contributed by atoms with Crippen molar-refractivity contribution in [3.05, 3.63) is 96.3 Å². The lowest BCUT2D eigenvalue weighted by Gasteiger charge is -2.10. The first-order valence-corrected chi connectivity index (χ1v) is 10.8. The Morgan fingerprint density at radius 1 is 0.938 bits per heavy atom. The maximum atomic E-state index is 12.7. The molecule has 0 aliphatic heterocycles. The number of Topliss-reactive ketones (excluding diaryl/α,β-unsaturated/α-hetero) is 1. The molecule has 0 bridgehead atoms. The van der Waals surface area contributed by atoms with Crippen LogP contribution in [0, 0.1) is 0 Å². The van der Waals surface area contributed by atoms with Crippen LogP contribution in [0.2, 0.25) is 0 Å². The minimum absolute atomic E-state index is 0.0505. The number of ether oxygens (including phenoxy) is 1. The maximum Gasteiger partial charge on any atom is 0.255 e. The summed E-state index contributed by atoms with van der Waals surface area (Å²) in [5, 5.41) is 11.5. The lowest BCUT2D eigenvalue weighted by atomic mass is 10.1. The zero-order chi connectivity index (χ0) is 22.3. The van der Waals surface area contributed by atoms with Gasteiger partial charge < -0.3 is 10.1 Å². The number of amides is 1. The van der Waals surface area contributed by atoms with E-state index in [1.807, 2.05) is 42.5 Å². The van der Waals surface area contributed by atoms with Gasteiger partial charge in [0.2, 0.25) is 0 Å². The number of para-hydroxylation sites is 2. The number of anilines is 1. The van der Waals surface area contributed by atoms with E-state index in [4.69, 9.17) is 4.74 Å². The zero-order valence-electron chi connectivity index (χ0n) is 17.3. The lowest BCUT2D eigenvalue weighted by molar-refractivity contribution is 0.101. The number of hydrogen-bond acceptors (Lipinski definition) is 6. The van der Waals surface area contributed by atoms with E-state index >= 15 is 0 Å². The molecule has 1 amide bonds. The van der Waals surface area contributed by atoms with Crippen LogP contribution < -0.4 is 10.1 Å². The molecule has 0 aliphatic rings. The Balaban J connectivity index is 1.39. The van der Waals surface area contributed by atoms with Crippen LogP contribution in [0.1, 0.15) is 20.7 Å². The average molecular weight is 445 g/mol. The first-order valence-electron chi connectivity index (χ1n) is 9.81. The molecule has 0 atom stereocenters.